The Morgan fingerprint density at radius 1 is 0.957 bits per heavy atom. The summed E-state index contributed by atoms with van der Waals surface area (Å²) in [5, 5.41) is 5.41. The zero-order valence-electron chi connectivity index (χ0n) is 13.3. The van der Waals surface area contributed by atoms with Gasteiger partial charge in [-0.1, -0.05) is 61.7 Å². The lowest BCUT2D eigenvalue weighted by Crippen LogP contribution is -2.37. The molecule has 0 bridgehead atoms. The number of benzene rings is 3. The first-order valence-electron chi connectivity index (χ1n) is 7.55. The van der Waals surface area contributed by atoms with Crippen molar-refractivity contribution in [3.63, 3.8) is 0 Å². The molecule has 3 aromatic carbocycles. The molecule has 116 valence electrons. The van der Waals surface area contributed by atoms with E-state index in [0.717, 1.165) is 38.0 Å². The molecular formula is C20H21N3. The van der Waals surface area contributed by atoms with Gasteiger partial charge >= 0.3 is 0 Å². The molecule has 3 nitrogen and oxygen atoms in total. The standard InChI is InChI=1S/C20H21N3/c1-13-8-7-11-17-14(2)20(19(21)15(3)18(13)17)23(22)12-16-9-5-4-6-10-16/h4-11H,2-3,12,21-22H2,1H3. The lowest BCUT2D eigenvalue weighted by Gasteiger charge is -2.23. The Balaban J connectivity index is 2.19. The van der Waals surface area contributed by atoms with Gasteiger partial charge in [0.2, 0.25) is 0 Å². The third-order valence-electron chi connectivity index (χ3n) is 4.25. The zero-order chi connectivity index (χ0) is 16.6. The van der Waals surface area contributed by atoms with Gasteiger partial charge in [-0.3, -0.25) is 0 Å². The van der Waals surface area contributed by atoms with E-state index >= 15 is 0 Å². The molecule has 0 aliphatic rings. The minimum atomic E-state index is 0.560. The minimum Gasteiger partial charge on any atom is -0.397 e. The molecule has 0 aliphatic heterocycles. The molecule has 0 aromatic heterocycles. The lowest BCUT2D eigenvalue weighted by atomic mass is 9.99. The summed E-state index contributed by atoms with van der Waals surface area (Å²) in [7, 11) is 0. The Kier molecular flexibility index (Phi) is 3.80. The fraction of sp³-hybridized carbons (Fsp3) is 0.100. The molecule has 0 radical (unpaired) electrons. The first-order chi connectivity index (χ1) is 11.0. The number of fused-ring (bicyclic) bond motifs is 1. The number of rotatable bonds is 3. The van der Waals surface area contributed by atoms with Crippen molar-refractivity contribution in [1.29, 1.82) is 0 Å². The molecule has 3 aromatic rings. The van der Waals surface area contributed by atoms with Crippen LogP contribution >= 0.6 is 0 Å². The second kappa shape index (κ2) is 5.78. The van der Waals surface area contributed by atoms with Crippen LogP contribution in [-0.4, -0.2) is 0 Å². The fourth-order valence-corrected chi connectivity index (χ4v) is 3.07. The number of anilines is 2. The molecule has 0 saturated carbocycles. The summed E-state index contributed by atoms with van der Waals surface area (Å²) in [6.45, 7) is 11.0. The number of nitrogens with two attached hydrogens (primary N) is 2. The fourth-order valence-electron chi connectivity index (χ4n) is 3.07. The normalized spacial score (nSPS) is 10.9. The molecule has 0 amide bonds. The third-order valence-corrected chi connectivity index (χ3v) is 4.25. The average molecular weight is 303 g/mol. The maximum Gasteiger partial charge on any atom is 0.0829 e. The molecule has 3 heteroatoms. The molecule has 0 heterocycles. The highest BCUT2D eigenvalue weighted by molar-refractivity contribution is 5.95. The summed E-state index contributed by atoms with van der Waals surface area (Å²) in [6.07, 6.45) is 0. The average Bonchev–Trinajstić information content (AvgIpc) is 2.53. The molecule has 4 N–H and O–H groups in total. The van der Waals surface area contributed by atoms with Gasteiger partial charge in [0.25, 0.3) is 0 Å². The van der Waals surface area contributed by atoms with E-state index in [4.69, 9.17) is 11.6 Å². The SMILES string of the molecule is C=c1c(N(N)Cc2ccccc2)c(N)c(=C)c2c(C)cccc12. The summed E-state index contributed by atoms with van der Waals surface area (Å²) in [6, 6.07) is 16.2. The van der Waals surface area contributed by atoms with Crippen LogP contribution in [0.25, 0.3) is 23.9 Å². The molecule has 0 aliphatic carbocycles. The van der Waals surface area contributed by atoms with Crippen molar-refractivity contribution >= 4 is 35.3 Å². The van der Waals surface area contributed by atoms with Crippen molar-refractivity contribution < 1.29 is 0 Å². The van der Waals surface area contributed by atoms with Crippen LogP contribution in [0.15, 0.2) is 48.5 Å². The van der Waals surface area contributed by atoms with Gasteiger partial charge < -0.3 is 10.7 Å². The van der Waals surface area contributed by atoms with Gasteiger partial charge in [-0.05, 0) is 28.8 Å². The highest BCUT2D eigenvalue weighted by Crippen LogP contribution is 2.21. The van der Waals surface area contributed by atoms with Crippen molar-refractivity contribution in [2.75, 3.05) is 10.7 Å². The highest BCUT2D eigenvalue weighted by atomic mass is 15.4. The third kappa shape index (κ3) is 2.56. The molecule has 23 heavy (non-hydrogen) atoms. The van der Waals surface area contributed by atoms with Gasteiger partial charge in [0.1, 0.15) is 0 Å². The Labute approximate surface area is 136 Å². The smallest absolute Gasteiger partial charge is 0.0829 e. The van der Waals surface area contributed by atoms with E-state index in [0.29, 0.717) is 12.2 Å². The zero-order valence-corrected chi connectivity index (χ0v) is 13.3. The van der Waals surface area contributed by atoms with E-state index < -0.39 is 0 Å². The number of nitrogen functional groups attached to an aromatic ring is 1. The number of hydrogen-bond acceptors (Lipinski definition) is 3. The second-order valence-corrected chi connectivity index (χ2v) is 5.83. The monoisotopic (exact) mass is 303 g/mol. The maximum atomic E-state index is 6.35. The van der Waals surface area contributed by atoms with Crippen molar-refractivity contribution in [3.05, 3.63) is 70.1 Å². The van der Waals surface area contributed by atoms with Crippen molar-refractivity contribution in [2.45, 2.75) is 13.5 Å². The molecule has 0 atom stereocenters. The first kappa shape index (κ1) is 15.1. The van der Waals surface area contributed by atoms with Gasteiger partial charge in [0, 0.05) is 10.4 Å². The van der Waals surface area contributed by atoms with Crippen LogP contribution in [-0.2, 0) is 6.54 Å². The van der Waals surface area contributed by atoms with E-state index in [1.54, 1.807) is 5.01 Å². The van der Waals surface area contributed by atoms with Crippen LogP contribution in [0.3, 0.4) is 0 Å². The van der Waals surface area contributed by atoms with Gasteiger partial charge in [0.15, 0.2) is 0 Å². The van der Waals surface area contributed by atoms with E-state index in [-0.39, 0.29) is 0 Å². The van der Waals surface area contributed by atoms with Gasteiger partial charge in [-0.15, -0.1) is 0 Å². The van der Waals surface area contributed by atoms with Crippen molar-refractivity contribution in [2.24, 2.45) is 5.84 Å². The highest BCUT2D eigenvalue weighted by Gasteiger charge is 2.13. The van der Waals surface area contributed by atoms with E-state index in [1.165, 1.54) is 0 Å². The summed E-state index contributed by atoms with van der Waals surface area (Å²) in [5.41, 5.74) is 9.94. The van der Waals surface area contributed by atoms with Gasteiger partial charge in [0.05, 0.1) is 17.9 Å². The quantitative estimate of drug-likeness (QED) is 0.444. The van der Waals surface area contributed by atoms with Crippen molar-refractivity contribution in [3.8, 4) is 0 Å². The Bertz CT molecular complexity index is 962. The molecule has 0 unspecified atom stereocenters. The summed E-state index contributed by atoms with van der Waals surface area (Å²) in [4.78, 5) is 0. The molecular weight excluding hydrogens is 282 g/mol. The van der Waals surface area contributed by atoms with Crippen LogP contribution < -0.4 is 27.0 Å². The minimum absolute atomic E-state index is 0.560. The van der Waals surface area contributed by atoms with Gasteiger partial charge in [-0.25, -0.2) is 5.84 Å². The molecule has 3 rings (SSSR count). The number of hydrogen-bond donors (Lipinski definition) is 2. The second-order valence-electron chi connectivity index (χ2n) is 5.83. The molecule has 0 spiro atoms. The summed E-state index contributed by atoms with van der Waals surface area (Å²) in [5.74, 6) is 6.31. The summed E-state index contributed by atoms with van der Waals surface area (Å²) >= 11 is 0. The van der Waals surface area contributed by atoms with E-state index in [1.807, 2.05) is 42.5 Å². The van der Waals surface area contributed by atoms with E-state index in [9.17, 15) is 0 Å². The van der Waals surface area contributed by atoms with Gasteiger partial charge in [-0.2, -0.15) is 0 Å². The predicted octanol–water partition coefficient (Wildman–Crippen LogP) is 2.43. The van der Waals surface area contributed by atoms with Crippen LogP contribution in [0.1, 0.15) is 11.1 Å². The topological polar surface area (TPSA) is 55.3 Å². The maximum absolute atomic E-state index is 6.35. The van der Waals surface area contributed by atoms with Crippen LogP contribution in [0.2, 0.25) is 0 Å². The van der Waals surface area contributed by atoms with Crippen LogP contribution in [0.4, 0.5) is 11.4 Å². The Morgan fingerprint density at radius 2 is 1.65 bits per heavy atom. The molecule has 0 fully saturated rings. The Morgan fingerprint density at radius 3 is 2.35 bits per heavy atom. The van der Waals surface area contributed by atoms with Crippen LogP contribution in [0, 0.1) is 6.92 Å². The number of aryl methyl sites for hydroxylation is 1. The number of nitrogens with zero attached hydrogens (tertiary/aromatic N) is 1. The summed E-state index contributed by atoms with van der Waals surface area (Å²) < 4.78 is 0. The van der Waals surface area contributed by atoms with Crippen LogP contribution in [0.5, 0.6) is 0 Å². The Hall–Kier alpha value is -2.78. The van der Waals surface area contributed by atoms with Crippen molar-refractivity contribution in [1.82, 2.24) is 0 Å². The predicted molar refractivity (Wildman–Crippen MR) is 100 cm³/mol. The number of hydrazine groups is 1. The first-order valence-corrected chi connectivity index (χ1v) is 7.55. The molecule has 0 saturated heterocycles. The largest absolute Gasteiger partial charge is 0.397 e. The lowest BCUT2D eigenvalue weighted by molar-refractivity contribution is 0.852. The van der Waals surface area contributed by atoms with E-state index in [2.05, 4.69) is 26.1 Å².